The van der Waals surface area contributed by atoms with Crippen LogP contribution in [0.3, 0.4) is 0 Å². The first kappa shape index (κ1) is 18.6. The van der Waals surface area contributed by atoms with Crippen LogP contribution < -0.4 is 4.90 Å². The zero-order valence-corrected chi connectivity index (χ0v) is 15.7. The van der Waals surface area contributed by atoms with Crippen LogP contribution in [0.2, 0.25) is 5.02 Å². The summed E-state index contributed by atoms with van der Waals surface area (Å²) >= 11 is 12.3. The molecule has 2 aromatic rings. The van der Waals surface area contributed by atoms with Gasteiger partial charge in [-0.15, -0.1) is 0 Å². The zero-order valence-electron chi connectivity index (χ0n) is 13.3. The molecule has 132 valence electrons. The highest BCUT2D eigenvalue weighted by Crippen LogP contribution is 2.37. The first-order valence-corrected chi connectivity index (χ1v) is 8.96. The maximum absolute atomic E-state index is 14.0. The molecule has 0 saturated carbocycles. The number of rotatable bonds is 3. The number of carboxylic acid groups (broad SMARTS) is 1. The van der Waals surface area contributed by atoms with Crippen LogP contribution in [0.15, 0.2) is 41.3 Å². The molecule has 1 heterocycles. The van der Waals surface area contributed by atoms with E-state index in [4.69, 9.17) is 23.8 Å². The fourth-order valence-corrected chi connectivity index (χ4v) is 3.95. The second-order valence-electron chi connectivity index (χ2n) is 5.46. The van der Waals surface area contributed by atoms with E-state index in [9.17, 15) is 19.1 Å². The van der Waals surface area contributed by atoms with Crippen molar-refractivity contribution < 1.29 is 19.1 Å². The number of thiocarbonyl (C=S) groups is 1. The van der Waals surface area contributed by atoms with Gasteiger partial charge in [0.25, 0.3) is 5.91 Å². The van der Waals surface area contributed by atoms with Crippen molar-refractivity contribution in [3.8, 4) is 0 Å². The lowest BCUT2D eigenvalue weighted by atomic mass is 10.1. The number of aromatic carboxylic acids is 1. The second kappa shape index (κ2) is 7.19. The van der Waals surface area contributed by atoms with Crippen molar-refractivity contribution in [1.29, 1.82) is 0 Å². The van der Waals surface area contributed by atoms with Gasteiger partial charge >= 0.3 is 5.97 Å². The Balaban J connectivity index is 2.02. The minimum atomic E-state index is -1.09. The lowest BCUT2D eigenvalue weighted by Gasteiger charge is -2.16. The van der Waals surface area contributed by atoms with E-state index in [-0.39, 0.29) is 25.4 Å². The third-order valence-electron chi connectivity index (χ3n) is 3.78. The van der Waals surface area contributed by atoms with Gasteiger partial charge in [-0.1, -0.05) is 47.7 Å². The number of thioether (sulfide) groups is 1. The van der Waals surface area contributed by atoms with Crippen LogP contribution in [0.25, 0.3) is 6.08 Å². The van der Waals surface area contributed by atoms with Crippen molar-refractivity contribution in [3.05, 3.63) is 68.8 Å². The Morgan fingerprint density at radius 3 is 2.73 bits per heavy atom. The molecule has 2 aromatic carbocycles. The quantitative estimate of drug-likeness (QED) is 0.579. The lowest BCUT2D eigenvalue weighted by Crippen LogP contribution is -2.27. The Kier molecular flexibility index (Phi) is 5.13. The van der Waals surface area contributed by atoms with Crippen LogP contribution >= 0.6 is 35.6 Å². The van der Waals surface area contributed by atoms with E-state index in [1.54, 1.807) is 19.1 Å². The molecular weight excluding hydrogens is 397 g/mol. The Morgan fingerprint density at radius 2 is 2.08 bits per heavy atom. The van der Waals surface area contributed by atoms with E-state index >= 15 is 0 Å². The maximum Gasteiger partial charge on any atom is 0.336 e. The predicted molar refractivity (Wildman–Crippen MR) is 105 cm³/mol. The van der Waals surface area contributed by atoms with Gasteiger partial charge in [-0.2, -0.15) is 0 Å². The third kappa shape index (κ3) is 3.38. The Bertz CT molecular complexity index is 970. The molecule has 8 heteroatoms. The van der Waals surface area contributed by atoms with E-state index in [0.29, 0.717) is 11.3 Å². The van der Waals surface area contributed by atoms with Gasteiger partial charge in [0.15, 0.2) is 4.32 Å². The van der Waals surface area contributed by atoms with Crippen LogP contribution in [-0.2, 0) is 4.79 Å². The average molecular weight is 408 g/mol. The van der Waals surface area contributed by atoms with Gasteiger partial charge < -0.3 is 5.11 Å². The standard InChI is InChI=1S/C18H11ClFNO3S2/c1-9-5-6-10(7-11(9)17(23)24)21-16(22)15(26-18(21)25)8-12-13(19)3-2-4-14(12)20/h2-8H,1H3,(H,23,24). The molecule has 1 amide bonds. The highest BCUT2D eigenvalue weighted by atomic mass is 35.5. The molecule has 0 bridgehead atoms. The normalized spacial score (nSPS) is 15.8. The highest BCUT2D eigenvalue weighted by molar-refractivity contribution is 8.27. The van der Waals surface area contributed by atoms with Crippen molar-refractivity contribution in [3.63, 3.8) is 0 Å². The number of anilines is 1. The average Bonchev–Trinajstić information content (AvgIpc) is 2.85. The van der Waals surface area contributed by atoms with Crippen molar-refractivity contribution in [2.45, 2.75) is 6.92 Å². The van der Waals surface area contributed by atoms with Crippen LogP contribution in [0, 0.1) is 12.7 Å². The largest absolute Gasteiger partial charge is 0.478 e. The molecule has 0 aliphatic carbocycles. The van der Waals surface area contributed by atoms with E-state index in [1.807, 2.05) is 0 Å². The van der Waals surface area contributed by atoms with Gasteiger partial charge in [-0.05, 0) is 42.8 Å². The monoisotopic (exact) mass is 407 g/mol. The molecule has 0 atom stereocenters. The van der Waals surface area contributed by atoms with Crippen molar-refractivity contribution in [1.82, 2.24) is 0 Å². The predicted octanol–water partition coefficient (Wildman–Crippen LogP) is 4.89. The summed E-state index contributed by atoms with van der Waals surface area (Å²) in [4.78, 5) is 25.5. The minimum absolute atomic E-state index is 0.0812. The molecule has 1 aliphatic heterocycles. The van der Waals surface area contributed by atoms with Gasteiger partial charge in [0, 0.05) is 5.56 Å². The van der Waals surface area contributed by atoms with Crippen LogP contribution in [0.4, 0.5) is 10.1 Å². The molecule has 1 fully saturated rings. The third-order valence-corrected chi connectivity index (χ3v) is 5.41. The van der Waals surface area contributed by atoms with E-state index in [0.717, 1.165) is 11.8 Å². The molecule has 3 rings (SSSR count). The molecule has 0 spiro atoms. The summed E-state index contributed by atoms with van der Waals surface area (Å²) in [7, 11) is 0. The number of carboxylic acids is 1. The number of hydrogen-bond donors (Lipinski definition) is 1. The van der Waals surface area contributed by atoms with Gasteiger partial charge in [0.1, 0.15) is 5.82 Å². The minimum Gasteiger partial charge on any atom is -0.478 e. The Labute approximate surface area is 163 Å². The number of hydrogen-bond acceptors (Lipinski definition) is 4. The lowest BCUT2D eigenvalue weighted by molar-refractivity contribution is -0.113. The second-order valence-corrected chi connectivity index (χ2v) is 7.54. The Morgan fingerprint density at radius 1 is 1.35 bits per heavy atom. The molecule has 0 radical (unpaired) electrons. The summed E-state index contributed by atoms with van der Waals surface area (Å²) in [5, 5.41) is 9.44. The van der Waals surface area contributed by atoms with Gasteiger partial charge in [0.05, 0.1) is 21.2 Å². The van der Waals surface area contributed by atoms with Crippen LogP contribution in [0.1, 0.15) is 21.5 Å². The van der Waals surface area contributed by atoms with Crippen LogP contribution in [0.5, 0.6) is 0 Å². The van der Waals surface area contributed by atoms with E-state index < -0.39 is 17.7 Å². The summed E-state index contributed by atoms with van der Waals surface area (Å²) in [6.07, 6.45) is 1.35. The van der Waals surface area contributed by atoms with Crippen molar-refractivity contribution in [2.24, 2.45) is 0 Å². The molecule has 0 aromatic heterocycles. The molecule has 0 unspecified atom stereocenters. The van der Waals surface area contributed by atoms with E-state index in [1.165, 1.54) is 35.2 Å². The number of carbonyl (C=O) groups is 2. The fourth-order valence-electron chi connectivity index (χ4n) is 2.45. The van der Waals surface area contributed by atoms with Gasteiger partial charge in [-0.25, -0.2) is 9.18 Å². The number of aryl methyl sites for hydroxylation is 1. The smallest absolute Gasteiger partial charge is 0.336 e. The molecular formula is C18H11ClFNO3S2. The highest BCUT2D eigenvalue weighted by Gasteiger charge is 2.34. The molecule has 1 saturated heterocycles. The Hall–Kier alpha value is -2.22. The van der Waals surface area contributed by atoms with Crippen molar-refractivity contribution in [2.75, 3.05) is 4.90 Å². The maximum atomic E-state index is 14.0. The van der Waals surface area contributed by atoms with Gasteiger partial charge in [0.2, 0.25) is 0 Å². The summed E-state index contributed by atoms with van der Waals surface area (Å²) in [6, 6.07) is 8.86. The SMILES string of the molecule is Cc1ccc(N2C(=O)C(=Cc3c(F)cccc3Cl)SC2=S)cc1C(=O)O. The number of nitrogens with zero attached hydrogens (tertiary/aromatic N) is 1. The van der Waals surface area contributed by atoms with Crippen LogP contribution in [-0.4, -0.2) is 21.3 Å². The molecule has 1 aliphatic rings. The molecule has 4 nitrogen and oxygen atoms in total. The first-order chi connectivity index (χ1) is 12.3. The summed E-state index contributed by atoms with van der Waals surface area (Å²) in [5.41, 5.74) is 1.10. The van der Waals surface area contributed by atoms with E-state index in [2.05, 4.69) is 0 Å². The summed E-state index contributed by atoms with van der Waals surface area (Å²) < 4.78 is 14.2. The topological polar surface area (TPSA) is 57.6 Å². The number of amides is 1. The molecule has 26 heavy (non-hydrogen) atoms. The zero-order chi connectivity index (χ0) is 19.0. The van der Waals surface area contributed by atoms with Gasteiger partial charge in [-0.3, -0.25) is 9.69 Å². The number of halogens is 2. The summed E-state index contributed by atoms with van der Waals surface area (Å²) in [6.45, 7) is 1.66. The molecule has 1 N–H and O–H groups in total. The number of benzene rings is 2. The number of carbonyl (C=O) groups excluding carboxylic acids is 1. The van der Waals surface area contributed by atoms with Crippen molar-refractivity contribution >= 4 is 63.5 Å². The summed E-state index contributed by atoms with van der Waals surface area (Å²) in [5.74, 6) is -2.10. The first-order valence-electron chi connectivity index (χ1n) is 7.35. The fraction of sp³-hybridized carbons (Fsp3) is 0.0556.